The first-order chi connectivity index (χ1) is 13.1. The van der Waals surface area contributed by atoms with E-state index in [4.69, 9.17) is 0 Å². The Kier molecular flexibility index (Phi) is 5.86. The molecule has 0 radical (unpaired) electrons. The van der Waals surface area contributed by atoms with Crippen LogP contribution in [0.5, 0.6) is 0 Å². The summed E-state index contributed by atoms with van der Waals surface area (Å²) in [6.07, 6.45) is 3.32. The molecule has 0 spiro atoms. The summed E-state index contributed by atoms with van der Waals surface area (Å²) in [7, 11) is 0. The quantitative estimate of drug-likeness (QED) is 0.738. The van der Waals surface area contributed by atoms with Crippen LogP contribution in [-0.2, 0) is 6.42 Å². The van der Waals surface area contributed by atoms with Crippen LogP contribution in [0.1, 0.15) is 46.0 Å². The summed E-state index contributed by atoms with van der Waals surface area (Å²) in [6, 6.07) is 14.1. The predicted molar refractivity (Wildman–Crippen MR) is 104 cm³/mol. The zero-order valence-electron chi connectivity index (χ0n) is 15.3. The zero-order valence-corrected chi connectivity index (χ0v) is 15.3. The number of imide groups is 1. The van der Waals surface area contributed by atoms with E-state index in [1.807, 2.05) is 24.3 Å². The highest BCUT2D eigenvalue weighted by molar-refractivity contribution is 6.21. The van der Waals surface area contributed by atoms with E-state index in [-0.39, 0.29) is 30.9 Å². The van der Waals surface area contributed by atoms with E-state index in [9.17, 15) is 14.4 Å². The number of unbranched alkanes of at least 4 members (excludes halogenated alkanes) is 1. The van der Waals surface area contributed by atoms with Gasteiger partial charge in [-0.3, -0.25) is 14.5 Å². The summed E-state index contributed by atoms with van der Waals surface area (Å²) in [5.74, 6) is -0.638. The van der Waals surface area contributed by atoms with Crippen LogP contribution in [-0.4, -0.2) is 35.8 Å². The Morgan fingerprint density at radius 2 is 1.59 bits per heavy atom. The molecule has 0 bridgehead atoms. The van der Waals surface area contributed by atoms with Crippen molar-refractivity contribution in [2.75, 3.05) is 18.4 Å². The van der Waals surface area contributed by atoms with Crippen LogP contribution in [0.4, 0.5) is 10.5 Å². The summed E-state index contributed by atoms with van der Waals surface area (Å²) in [6.45, 7) is 2.48. The monoisotopic (exact) mass is 365 g/mol. The third-order valence-corrected chi connectivity index (χ3v) is 4.53. The number of hydrogen-bond acceptors (Lipinski definition) is 3. The minimum atomic E-state index is -0.368. The van der Waals surface area contributed by atoms with Gasteiger partial charge in [0.05, 0.1) is 11.1 Å². The molecule has 140 valence electrons. The Labute approximate surface area is 158 Å². The number of nitrogens with one attached hydrogen (secondary N) is 2. The molecule has 2 N–H and O–H groups in total. The Balaban J connectivity index is 1.46. The number of amides is 4. The van der Waals surface area contributed by atoms with Gasteiger partial charge in [0.15, 0.2) is 0 Å². The minimum Gasteiger partial charge on any atom is -0.336 e. The fourth-order valence-corrected chi connectivity index (χ4v) is 3.03. The standard InChI is InChI=1S/C21H23N3O3/c1-2-3-6-15-9-11-16(12-10-15)23-21(27)22-13-14-24-19(25)17-7-4-5-8-18(17)20(24)26/h4-5,7-12H,2-3,6,13-14H2,1H3,(H2,22,23,27). The Bertz CT molecular complexity index is 811. The first kappa shape index (κ1) is 18.6. The lowest BCUT2D eigenvalue weighted by Crippen LogP contribution is -2.39. The number of carbonyl (C=O) groups excluding carboxylic acids is 3. The maximum atomic E-state index is 12.3. The van der Waals surface area contributed by atoms with Crippen molar-refractivity contribution in [1.29, 1.82) is 0 Å². The predicted octanol–water partition coefficient (Wildman–Crippen LogP) is 3.45. The second kappa shape index (κ2) is 8.49. The van der Waals surface area contributed by atoms with Crippen LogP contribution in [0, 0.1) is 0 Å². The van der Waals surface area contributed by atoms with E-state index < -0.39 is 0 Å². The second-order valence-corrected chi connectivity index (χ2v) is 6.49. The highest BCUT2D eigenvalue weighted by Gasteiger charge is 2.34. The van der Waals surface area contributed by atoms with Gasteiger partial charge in [0.2, 0.25) is 0 Å². The number of urea groups is 1. The third-order valence-electron chi connectivity index (χ3n) is 4.53. The smallest absolute Gasteiger partial charge is 0.319 e. The van der Waals surface area contributed by atoms with Gasteiger partial charge >= 0.3 is 6.03 Å². The van der Waals surface area contributed by atoms with Gasteiger partial charge in [0.1, 0.15) is 0 Å². The first-order valence-electron chi connectivity index (χ1n) is 9.19. The summed E-state index contributed by atoms with van der Waals surface area (Å²) in [4.78, 5) is 37.7. The molecular weight excluding hydrogens is 342 g/mol. The lowest BCUT2D eigenvalue weighted by atomic mass is 10.1. The Morgan fingerprint density at radius 1 is 0.963 bits per heavy atom. The van der Waals surface area contributed by atoms with E-state index in [0.29, 0.717) is 16.8 Å². The van der Waals surface area contributed by atoms with Gasteiger partial charge in [0, 0.05) is 18.8 Å². The number of benzene rings is 2. The summed E-state index contributed by atoms with van der Waals surface area (Å²) >= 11 is 0. The Morgan fingerprint density at radius 3 is 2.19 bits per heavy atom. The molecular formula is C21H23N3O3. The molecule has 0 unspecified atom stereocenters. The normalized spacial score (nSPS) is 12.9. The fourth-order valence-electron chi connectivity index (χ4n) is 3.03. The van der Waals surface area contributed by atoms with Crippen LogP contribution in [0.2, 0.25) is 0 Å². The van der Waals surface area contributed by atoms with Crippen molar-refractivity contribution in [3.05, 3.63) is 65.2 Å². The average Bonchev–Trinajstić information content (AvgIpc) is 2.92. The fraction of sp³-hybridized carbons (Fsp3) is 0.286. The maximum Gasteiger partial charge on any atom is 0.319 e. The number of aryl methyl sites for hydroxylation is 1. The highest BCUT2D eigenvalue weighted by Crippen LogP contribution is 2.21. The number of nitrogens with zero attached hydrogens (tertiary/aromatic N) is 1. The summed E-state index contributed by atoms with van der Waals surface area (Å²) in [5.41, 5.74) is 2.77. The lowest BCUT2D eigenvalue weighted by molar-refractivity contribution is 0.0656. The number of fused-ring (bicyclic) bond motifs is 1. The molecule has 3 rings (SSSR count). The first-order valence-corrected chi connectivity index (χ1v) is 9.19. The average molecular weight is 365 g/mol. The van der Waals surface area contributed by atoms with Crippen molar-refractivity contribution < 1.29 is 14.4 Å². The van der Waals surface area contributed by atoms with E-state index in [0.717, 1.165) is 24.2 Å². The lowest BCUT2D eigenvalue weighted by Gasteiger charge is -2.14. The minimum absolute atomic E-state index is 0.135. The molecule has 0 saturated carbocycles. The van der Waals surface area contributed by atoms with Crippen LogP contribution in [0.15, 0.2) is 48.5 Å². The summed E-state index contributed by atoms with van der Waals surface area (Å²) < 4.78 is 0. The van der Waals surface area contributed by atoms with Crippen LogP contribution < -0.4 is 10.6 Å². The molecule has 4 amide bonds. The molecule has 2 aromatic carbocycles. The Hall–Kier alpha value is -3.15. The number of carbonyl (C=O) groups is 3. The molecule has 1 aliphatic heterocycles. The third kappa shape index (κ3) is 4.34. The van der Waals surface area contributed by atoms with Crippen LogP contribution in [0.3, 0.4) is 0 Å². The molecule has 0 atom stereocenters. The molecule has 6 heteroatoms. The molecule has 6 nitrogen and oxygen atoms in total. The van der Waals surface area contributed by atoms with Crippen molar-refractivity contribution in [2.45, 2.75) is 26.2 Å². The van der Waals surface area contributed by atoms with Crippen molar-refractivity contribution in [3.63, 3.8) is 0 Å². The summed E-state index contributed by atoms with van der Waals surface area (Å²) in [5, 5.41) is 5.43. The second-order valence-electron chi connectivity index (χ2n) is 6.49. The van der Waals surface area contributed by atoms with Crippen molar-refractivity contribution >= 4 is 23.5 Å². The molecule has 27 heavy (non-hydrogen) atoms. The molecule has 1 aliphatic rings. The molecule has 1 heterocycles. The molecule has 0 aliphatic carbocycles. The van der Waals surface area contributed by atoms with Gasteiger partial charge in [-0.15, -0.1) is 0 Å². The molecule has 2 aromatic rings. The van der Waals surface area contributed by atoms with Gasteiger partial charge in [-0.2, -0.15) is 0 Å². The molecule has 0 aromatic heterocycles. The number of rotatable bonds is 7. The van der Waals surface area contributed by atoms with Crippen molar-refractivity contribution in [2.24, 2.45) is 0 Å². The van der Waals surface area contributed by atoms with Crippen molar-refractivity contribution in [1.82, 2.24) is 10.2 Å². The van der Waals surface area contributed by atoms with E-state index in [1.165, 1.54) is 5.56 Å². The molecule has 0 saturated heterocycles. The van der Waals surface area contributed by atoms with Gasteiger partial charge in [0.25, 0.3) is 11.8 Å². The van der Waals surface area contributed by atoms with E-state index in [1.54, 1.807) is 24.3 Å². The van der Waals surface area contributed by atoms with Crippen molar-refractivity contribution in [3.8, 4) is 0 Å². The van der Waals surface area contributed by atoms with E-state index >= 15 is 0 Å². The number of hydrogen-bond donors (Lipinski definition) is 2. The van der Waals surface area contributed by atoms with Gasteiger partial charge in [-0.25, -0.2) is 4.79 Å². The van der Waals surface area contributed by atoms with Crippen LogP contribution >= 0.6 is 0 Å². The largest absolute Gasteiger partial charge is 0.336 e. The van der Waals surface area contributed by atoms with Gasteiger partial charge in [-0.1, -0.05) is 37.6 Å². The zero-order chi connectivity index (χ0) is 19.2. The molecule has 0 fully saturated rings. The number of anilines is 1. The topological polar surface area (TPSA) is 78.5 Å². The maximum absolute atomic E-state index is 12.3. The highest BCUT2D eigenvalue weighted by atomic mass is 16.2. The van der Waals surface area contributed by atoms with Gasteiger partial charge < -0.3 is 10.6 Å². The van der Waals surface area contributed by atoms with Gasteiger partial charge in [-0.05, 0) is 42.7 Å². The van der Waals surface area contributed by atoms with E-state index in [2.05, 4.69) is 17.6 Å². The van der Waals surface area contributed by atoms with Crippen LogP contribution in [0.25, 0.3) is 0 Å². The SMILES string of the molecule is CCCCc1ccc(NC(=O)NCCN2C(=O)c3ccccc3C2=O)cc1.